The van der Waals surface area contributed by atoms with Crippen LogP contribution in [0.1, 0.15) is 45.4 Å². The van der Waals surface area contributed by atoms with Gasteiger partial charge < -0.3 is 14.8 Å². The molecule has 0 amide bonds. The number of ether oxygens (including phenoxy) is 2. The molecule has 0 radical (unpaired) electrons. The van der Waals surface area contributed by atoms with Crippen LogP contribution in [0.5, 0.6) is 0 Å². The Morgan fingerprint density at radius 2 is 1.82 bits per heavy atom. The van der Waals surface area contributed by atoms with Gasteiger partial charge in [-0.25, -0.2) is 0 Å². The van der Waals surface area contributed by atoms with Gasteiger partial charge in [0.1, 0.15) is 0 Å². The molecule has 0 atom stereocenters. The van der Waals surface area contributed by atoms with Crippen molar-refractivity contribution in [1.29, 1.82) is 0 Å². The van der Waals surface area contributed by atoms with E-state index >= 15 is 0 Å². The Morgan fingerprint density at radius 3 is 2.41 bits per heavy atom. The molecule has 0 bridgehead atoms. The quantitative estimate of drug-likeness (QED) is 0.694. The zero-order chi connectivity index (χ0) is 12.1. The van der Waals surface area contributed by atoms with Crippen LogP contribution < -0.4 is 5.32 Å². The molecule has 0 saturated heterocycles. The van der Waals surface area contributed by atoms with Gasteiger partial charge in [-0.15, -0.1) is 0 Å². The number of hydrogen-bond donors (Lipinski definition) is 1. The van der Waals surface area contributed by atoms with E-state index in [0.717, 1.165) is 25.1 Å². The molecule has 100 valence electrons. The van der Waals surface area contributed by atoms with E-state index in [2.05, 4.69) is 12.2 Å². The highest BCUT2D eigenvalue weighted by Crippen LogP contribution is 2.35. The van der Waals surface area contributed by atoms with Crippen molar-refractivity contribution in [2.75, 3.05) is 26.9 Å². The molecule has 2 fully saturated rings. The Bertz CT molecular complexity index is 220. The monoisotopic (exact) mass is 241 g/mol. The van der Waals surface area contributed by atoms with E-state index in [0.29, 0.717) is 6.61 Å². The van der Waals surface area contributed by atoms with Gasteiger partial charge in [0, 0.05) is 19.7 Å². The first kappa shape index (κ1) is 13.3. The van der Waals surface area contributed by atoms with E-state index in [9.17, 15) is 0 Å². The molecule has 3 nitrogen and oxygen atoms in total. The average molecular weight is 241 g/mol. The van der Waals surface area contributed by atoms with Crippen LogP contribution in [0.25, 0.3) is 0 Å². The fraction of sp³-hybridized carbons (Fsp3) is 1.00. The first-order valence-corrected chi connectivity index (χ1v) is 7.10. The molecule has 2 saturated carbocycles. The predicted octanol–water partition coefficient (Wildman–Crippen LogP) is 2.35. The highest BCUT2D eigenvalue weighted by molar-refractivity contribution is 4.92. The van der Waals surface area contributed by atoms with Crippen molar-refractivity contribution in [2.24, 2.45) is 5.92 Å². The standard InChI is InChI=1S/C14H27NO2/c1-12-5-7-14(8-6-12,17-10-9-16-2)11-15-13-3-4-13/h12-13,15H,3-11H2,1-2H3. The SMILES string of the molecule is COCCOC1(CNC2CC2)CCC(C)CC1. The van der Waals surface area contributed by atoms with Crippen molar-refractivity contribution in [1.82, 2.24) is 5.32 Å². The van der Waals surface area contributed by atoms with Crippen LogP contribution in [0.4, 0.5) is 0 Å². The third-order valence-corrected chi connectivity index (χ3v) is 4.17. The summed E-state index contributed by atoms with van der Waals surface area (Å²) in [5.41, 5.74) is 0.0909. The summed E-state index contributed by atoms with van der Waals surface area (Å²) in [7, 11) is 1.74. The zero-order valence-corrected chi connectivity index (χ0v) is 11.3. The lowest BCUT2D eigenvalue weighted by molar-refractivity contribution is -0.0882. The molecule has 0 aromatic rings. The summed E-state index contributed by atoms with van der Waals surface area (Å²) in [6.07, 6.45) is 7.73. The number of hydrogen-bond acceptors (Lipinski definition) is 3. The van der Waals surface area contributed by atoms with Crippen molar-refractivity contribution in [2.45, 2.75) is 57.1 Å². The third-order valence-electron chi connectivity index (χ3n) is 4.17. The normalized spacial score (nSPS) is 33.9. The summed E-state index contributed by atoms with van der Waals surface area (Å²) in [5, 5.41) is 3.64. The van der Waals surface area contributed by atoms with Crippen LogP contribution >= 0.6 is 0 Å². The van der Waals surface area contributed by atoms with Gasteiger partial charge in [-0.2, -0.15) is 0 Å². The number of rotatable bonds is 7. The predicted molar refractivity (Wildman–Crippen MR) is 69.2 cm³/mol. The van der Waals surface area contributed by atoms with E-state index in [1.807, 2.05) is 0 Å². The van der Waals surface area contributed by atoms with Gasteiger partial charge in [-0.05, 0) is 44.4 Å². The first-order valence-electron chi connectivity index (χ1n) is 7.10. The molecular formula is C14H27NO2. The Labute approximate surface area is 105 Å². The molecule has 0 spiro atoms. The van der Waals surface area contributed by atoms with Crippen molar-refractivity contribution < 1.29 is 9.47 Å². The summed E-state index contributed by atoms with van der Waals surface area (Å²) >= 11 is 0. The summed E-state index contributed by atoms with van der Waals surface area (Å²) < 4.78 is 11.2. The van der Waals surface area contributed by atoms with E-state index in [1.165, 1.54) is 38.5 Å². The van der Waals surface area contributed by atoms with Crippen molar-refractivity contribution in [3.05, 3.63) is 0 Å². The largest absolute Gasteiger partial charge is 0.382 e. The third kappa shape index (κ3) is 4.23. The minimum atomic E-state index is 0.0909. The number of methoxy groups -OCH3 is 1. The molecular weight excluding hydrogens is 214 g/mol. The molecule has 17 heavy (non-hydrogen) atoms. The molecule has 0 unspecified atom stereocenters. The molecule has 3 heteroatoms. The maximum atomic E-state index is 6.15. The molecule has 2 aliphatic carbocycles. The fourth-order valence-electron chi connectivity index (χ4n) is 2.62. The molecule has 0 aromatic carbocycles. The lowest BCUT2D eigenvalue weighted by atomic mass is 9.79. The van der Waals surface area contributed by atoms with E-state index in [4.69, 9.17) is 9.47 Å². The summed E-state index contributed by atoms with van der Waals surface area (Å²) in [6, 6.07) is 0.775. The summed E-state index contributed by atoms with van der Waals surface area (Å²) in [5.74, 6) is 0.870. The van der Waals surface area contributed by atoms with Gasteiger partial charge >= 0.3 is 0 Å². The second-order valence-corrected chi connectivity index (χ2v) is 5.86. The zero-order valence-electron chi connectivity index (χ0n) is 11.3. The van der Waals surface area contributed by atoms with Crippen LogP contribution in [0.15, 0.2) is 0 Å². The lowest BCUT2D eigenvalue weighted by Gasteiger charge is -2.39. The minimum Gasteiger partial charge on any atom is -0.382 e. The van der Waals surface area contributed by atoms with Gasteiger partial charge in [0.2, 0.25) is 0 Å². The van der Waals surface area contributed by atoms with Crippen LogP contribution in [-0.4, -0.2) is 38.5 Å². The van der Waals surface area contributed by atoms with E-state index in [1.54, 1.807) is 7.11 Å². The molecule has 0 aliphatic heterocycles. The van der Waals surface area contributed by atoms with Crippen LogP contribution in [-0.2, 0) is 9.47 Å². The van der Waals surface area contributed by atoms with Gasteiger partial charge in [-0.1, -0.05) is 6.92 Å². The first-order chi connectivity index (χ1) is 8.24. The van der Waals surface area contributed by atoms with Gasteiger partial charge in [-0.3, -0.25) is 0 Å². The van der Waals surface area contributed by atoms with Crippen LogP contribution in [0.2, 0.25) is 0 Å². The van der Waals surface area contributed by atoms with Crippen molar-refractivity contribution >= 4 is 0 Å². The van der Waals surface area contributed by atoms with Crippen LogP contribution in [0, 0.1) is 5.92 Å². The highest BCUT2D eigenvalue weighted by atomic mass is 16.5. The topological polar surface area (TPSA) is 30.5 Å². The summed E-state index contributed by atoms with van der Waals surface area (Å²) in [6.45, 7) is 4.83. The maximum Gasteiger partial charge on any atom is 0.0807 e. The molecule has 0 heterocycles. The number of nitrogens with one attached hydrogen (secondary N) is 1. The minimum absolute atomic E-state index is 0.0909. The molecule has 2 rings (SSSR count). The van der Waals surface area contributed by atoms with Crippen LogP contribution in [0.3, 0.4) is 0 Å². The highest BCUT2D eigenvalue weighted by Gasteiger charge is 2.36. The van der Waals surface area contributed by atoms with Gasteiger partial charge in [0.15, 0.2) is 0 Å². The second-order valence-electron chi connectivity index (χ2n) is 5.86. The van der Waals surface area contributed by atoms with Gasteiger partial charge in [0.25, 0.3) is 0 Å². The lowest BCUT2D eigenvalue weighted by Crippen LogP contribution is -2.46. The molecule has 2 aliphatic rings. The molecule has 0 aromatic heterocycles. The Hall–Kier alpha value is -0.120. The van der Waals surface area contributed by atoms with E-state index < -0.39 is 0 Å². The molecule has 1 N–H and O–H groups in total. The van der Waals surface area contributed by atoms with Crippen molar-refractivity contribution in [3.63, 3.8) is 0 Å². The summed E-state index contributed by atoms with van der Waals surface area (Å²) in [4.78, 5) is 0. The average Bonchev–Trinajstić information content (AvgIpc) is 3.15. The Morgan fingerprint density at radius 1 is 1.12 bits per heavy atom. The Balaban J connectivity index is 1.80. The van der Waals surface area contributed by atoms with Crippen molar-refractivity contribution in [3.8, 4) is 0 Å². The maximum absolute atomic E-state index is 6.15. The fourth-order valence-corrected chi connectivity index (χ4v) is 2.62. The second kappa shape index (κ2) is 6.17. The smallest absolute Gasteiger partial charge is 0.0807 e. The Kier molecular flexibility index (Phi) is 4.83. The van der Waals surface area contributed by atoms with E-state index in [-0.39, 0.29) is 5.60 Å². The van der Waals surface area contributed by atoms with Gasteiger partial charge in [0.05, 0.1) is 18.8 Å².